The van der Waals surface area contributed by atoms with Crippen LogP contribution >= 0.6 is 0 Å². The Balaban J connectivity index is 1.24. The summed E-state index contributed by atoms with van der Waals surface area (Å²) in [6.45, 7) is 6.84. The van der Waals surface area contributed by atoms with Gasteiger partial charge in [-0.3, -0.25) is 0 Å². The Morgan fingerprint density at radius 3 is 2.39 bits per heavy atom. The minimum absolute atomic E-state index is 0.627. The number of aryl methyl sites for hydroxylation is 4. The molecular weight excluding hydrogens is 442 g/mol. The van der Waals surface area contributed by atoms with Gasteiger partial charge in [0.25, 0.3) is 0 Å². The van der Waals surface area contributed by atoms with Crippen molar-refractivity contribution in [3.8, 4) is 0 Å². The van der Waals surface area contributed by atoms with Crippen molar-refractivity contribution >= 4 is 33.9 Å². The monoisotopic (exact) mass is 477 g/mol. The van der Waals surface area contributed by atoms with Crippen molar-refractivity contribution in [2.45, 2.75) is 58.4 Å². The average Bonchev–Trinajstić information content (AvgIpc) is 3.34. The fourth-order valence-electron chi connectivity index (χ4n) is 5.93. The molecule has 1 atom stereocenters. The van der Waals surface area contributed by atoms with Gasteiger partial charge in [-0.15, -0.1) is 0 Å². The molecule has 36 heavy (non-hydrogen) atoms. The summed E-state index contributed by atoms with van der Waals surface area (Å²) < 4.78 is 0. The Morgan fingerprint density at radius 1 is 0.833 bits per heavy atom. The Hall–Kier alpha value is -3.44. The second-order valence-electron chi connectivity index (χ2n) is 10.4. The van der Waals surface area contributed by atoms with E-state index in [1.165, 1.54) is 67.4 Å². The summed E-state index contributed by atoms with van der Waals surface area (Å²) in [5, 5.41) is 8.13. The molecule has 0 saturated carbocycles. The number of anilines is 4. The van der Waals surface area contributed by atoms with Gasteiger partial charge in [0.15, 0.2) is 0 Å². The molecular formula is C31H35N5. The van der Waals surface area contributed by atoms with Crippen molar-refractivity contribution in [3.05, 3.63) is 83.0 Å². The molecule has 0 spiro atoms. The Kier molecular flexibility index (Phi) is 6.32. The summed E-state index contributed by atoms with van der Waals surface area (Å²) in [5.41, 5.74) is 9.52. The van der Waals surface area contributed by atoms with Crippen LogP contribution in [0.1, 0.15) is 47.9 Å². The SMILES string of the molecule is Cc1cccc(C)c1Nc1cccc2cnc(Nc3ccc4c(c3)CCC(N3CCCC3)CC4)nc12. The van der Waals surface area contributed by atoms with Crippen molar-refractivity contribution in [1.82, 2.24) is 14.9 Å². The zero-order valence-electron chi connectivity index (χ0n) is 21.3. The van der Waals surface area contributed by atoms with E-state index in [1.807, 2.05) is 6.20 Å². The smallest absolute Gasteiger partial charge is 0.227 e. The first-order chi connectivity index (χ1) is 17.6. The lowest BCUT2D eigenvalue weighted by molar-refractivity contribution is 0.222. The molecule has 184 valence electrons. The largest absolute Gasteiger partial charge is 0.353 e. The predicted molar refractivity (Wildman–Crippen MR) is 150 cm³/mol. The quantitative estimate of drug-likeness (QED) is 0.301. The van der Waals surface area contributed by atoms with Crippen molar-refractivity contribution in [1.29, 1.82) is 0 Å². The maximum absolute atomic E-state index is 4.93. The normalized spacial score (nSPS) is 18.1. The van der Waals surface area contributed by atoms with Gasteiger partial charge in [0, 0.05) is 29.0 Å². The maximum Gasteiger partial charge on any atom is 0.227 e. The number of hydrogen-bond acceptors (Lipinski definition) is 5. The van der Waals surface area contributed by atoms with Crippen LogP contribution in [0.2, 0.25) is 0 Å². The van der Waals surface area contributed by atoms with E-state index in [1.54, 1.807) is 0 Å². The zero-order valence-corrected chi connectivity index (χ0v) is 21.3. The van der Waals surface area contributed by atoms with Crippen LogP contribution in [0, 0.1) is 13.8 Å². The van der Waals surface area contributed by atoms with Crippen LogP contribution in [-0.4, -0.2) is 34.0 Å². The predicted octanol–water partition coefficient (Wildman–Crippen LogP) is 7.08. The van der Waals surface area contributed by atoms with Gasteiger partial charge in [0.2, 0.25) is 5.95 Å². The van der Waals surface area contributed by atoms with Gasteiger partial charge in [-0.05, 0) is 106 Å². The minimum Gasteiger partial charge on any atom is -0.353 e. The molecule has 2 heterocycles. The molecule has 1 fully saturated rings. The third kappa shape index (κ3) is 4.68. The number of benzene rings is 3. The third-order valence-corrected chi connectivity index (χ3v) is 7.96. The molecule has 1 unspecified atom stereocenters. The first-order valence-corrected chi connectivity index (χ1v) is 13.4. The van der Waals surface area contributed by atoms with Gasteiger partial charge in [-0.1, -0.05) is 36.4 Å². The number of likely N-dealkylation sites (tertiary alicyclic amines) is 1. The average molecular weight is 478 g/mol. The highest BCUT2D eigenvalue weighted by Gasteiger charge is 2.24. The second kappa shape index (κ2) is 9.90. The molecule has 0 radical (unpaired) electrons. The summed E-state index contributed by atoms with van der Waals surface area (Å²) in [6, 6.07) is 20.1. The molecule has 5 nitrogen and oxygen atoms in total. The van der Waals surface area contributed by atoms with E-state index in [2.05, 4.69) is 89.0 Å². The molecule has 2 aliphatic rings. The van der Waals surface area contributed by atoms with Crippen LogP contribution in [-0.2, 0) is 12.8 Å². The van der Waals surface area contributed by atoms with E-state index in [0.29, 0.717) is 5.95 Å². The van der Waals surface area contributed by atoms with Crippen LogP contribution in [0.25, 0.3) is 10.9 Å². The highest BCUT2D eigenvalue weighted by Crippen LogP contribution is 2.31. The fraction of sp³-hybridized carbons (Fsp3) is 0.355. The molecule has 1 saturated heterocycles. The topological polar surface area (TPSA) is 53.1 Å². The van der Waals surface area contributed by atoms with Gasteiger partial charge in [-0.2, -0.15) is 0 Å². The fourth-order valence-corrected chi connectivity index (χ4v) is 5.93. The lowest BCUT2D eigenvalue weighted by Gasteiger charge is -2.25. The second-order valence-corrected chi connectivity index (χ2v) is 10.4. The van der Waals surface area contributed by atoms with Crippen LogP contribution < -0.4 is 10.6 Å². The number of fused-ring (bicyclic) bond motifs is 2. The Labute approximate surface area is 214 Å². The summed E-state index contributed by atoms with van der Waals surface area (Å²) in [5.74, 6) is 0.627. The number of hydrogen-bond donors (Lipinski definition) is 2. The zero-order chi connectivity index (χ0) is 24.5. The molecule has 1 aliphatic heterocycles. The molecule has 1 aromatic heterocycles. The molecule has 5 heteroatoms. The molecule has 2 N–H and O–H groups in total. The molecule has 0 amide bonds. The molecule has 3 aromatic carbocycles. The lowest BCUT2D eigenvalue weighted by Crippen LogP contribution is -2.32. The Morgan fingerprint density at radius 2 is 1.58 bits per heavy atom. The van der Waals surface area contributed by atoms with Crippen molar-refractivity contribution in [2.24, 2.45) is 0 Å². The highest BCUT2D eigenvalue weighted by molar-refractivity contribution is 5.93. The summed E-state index contributed by atoms with van der Waals surface area (Å²) in [4.78, 5) is 12.3. The van der Waals surface area contributed by atoms with Crippen LogP contribution in [0.3, 0.4) is 0 Å². The van der Waals surface area contributed by atoms with Gasteiger partial charge >= 0.3 is 0 Å². The number of nitrogens with zero attached hydrogens (tertiary/aromatic N) is 3. The molecule has 0 bridgehead atoms. The first kappa shape index (κ1) is 23.0. The van der Waals surface area contributed by atoms with E-state index in [0.717, 1.165) is 40.4 Å². The van der Waals surface area contributed by atoms with Crippen LogP contribution in [0.5, 0.6) is 0 Å². The molecule has 1 aliphatic carbocycles. The van der Waals surface area contributed by atoms with E-state index >= 15 is 0 Å². The summed E-state index contributed by atoms with van der Waals surface area (Å²) in [7, 11) is 0. The molecule has 6 rings (SSSR count). The minimum atomic E-state index is 0.627. The van der Waals surface area contributed by atoms with E-state index in [-0.39, 0.29) is 0 Å². The van der Waals surface area contributed by atoms with Gasteiger partial charge in [-0.25, -0.2) is 9.97 Å². The number of nitrogens with one attached hydrogen (secondary N) is 2. The summed E-state index contributed by atoms with van der Waals surface area (Å²) >= 11 is 0. The maximum atomic E-state index is 4.93. The van der Waals surface area contributed by atoms with E-state index in [4.69, 9.17) is 4.98 Å². The van der Waals surface area contributed by atoms with Gasteiger partial charge in [0.1, 0.15) is 0 Å². The Bertz CT molecular complexity index is 1370. The van der Waals surface area contributed by atoms with Crippen LogP contribution in [0.4, 0.5) is 23.0 Å². The number of rotatable bonds is 5. The van der Waals surface area contributed by atoms with Crippen molar-refractivity contribution < 1.29 is 0 Å². The molecule has 4 aromatic rings. The van der Waals surface area contributed by atoms with E-state index < -0.39 is 0 Å². The number of aromatic nitrogens is 2. The van der Waals surface area contributed by atoms with E-state index in [9.17, 15) is 0 Å². The van der Waals surface area contributed by atoms with Crippen molar-refractivity contribution in [2.75, 3.05) is 23.7 Å². The third-order valence-electron chi connectivity index (χ3n) is 7.96. The van der Waals surface area contributed by atoms with Gasteiger partial charge in [0.05, 0.1) is 11.2 Å². The highest BCUT2D eigenvalue weighted by atomic mass is 15.2. The summed E-state index contributed by atoms with van der Waals surface area (Å²) in [6.07, 6.45) is 9.51. The first-order valence-electron chi connectivity index (χ1n) is 13.4. The standard InChI is InChI=1S/C31H35N5/c1-21-7-5-8-22(2)29(21)34-28-10-6-9-25-20-32-31(35-30(25)28)33-26-14-11-23-12-15-27(16-13-24(23)19-26)36-17-3-4-18-36/h5-11,14,19-20,27,34H,3-4,12-13,15-18H2,1-2H3,(H,32,33,35). The lowest BCUT2D eigenvalue weighted by atomic mass is 10.0. The van der Waals surface area contributed by atoms with Crippen LogP contribution in [0.15, 0.2) is 60.8 Å². The number of para-hydroxylation sites is 2. The van der Waals surface area contributed by atoms with Gasteiger partial charge < -0.3 is 15.5 Å². The van der Waals surface area contributed by atoms with Crippen molar-refractivity contribution in [3.63, 3.8) is 0 Å².